The fourth-order valence-corrected chi connectivity index (χ4v) is 2.78. The summed E-state index contributed by atoms with van der Waals surface area (Å²) in [4.78, 5) is 0. The molecule has 0 rings (SSSR count). The van der Waals surface area contributed by atoms with Gasteiger partial charge in [0.1, 0.15) is 6.10 Å². The van der Waals surface area contributed by atoms with Crippen LogP contribution in [0.1, 0.15) is 103 Å². The predicted octanol–water partition coefficient (Wildman–Crippen LogP) is 5.10. The molecule has 3 heteroatoms. The number of hydrogen-bond acceptors (Lipinski definition) is 3. The van der Waals surface area contributed by atoms with Gasteiger partial charge in [-0.25, -0.2) is 0 Å². The van der Waals surface area contributed by atoms with Crippen LogP contribution in [0.15, 0.2) is 0 Å². The summed E-state index contributed by atoms with van der Waals surface area (Å²) in [6, 6.07) is 1.78. The summed E-state index contributed by atoms with van der Waals surface area (Å²) in [6.07, 6.45) is 16.3. The van der Waals surface area contributed by atoms with Crippen LogP contribution in [-0.4, -0.2) is 22.4 Å². The van der Waals surface area contributed by atoms with Gasteiger partial charge in [0.25, 0.3) is 0 Å². The van der Waals surface area contributed by atoms with Crippen LogP contribution >= 0.6 is 0 Å². The van der Waals surface area contributed by atoms with E-state index in [1.54, 1.807) is 6.07 Å². The molecule has 0 aliphatic heterocycles. The number of unbranched alkanes of at least 4 members (excludes halogenated alkanes) is 11. The standard InChI is InChI=1S/C19H37NO2/c1-2-3-4-5-6-7-8-9-10-11-12-13-14-18(21)15-16-19(22)17-20/h18-19,21-22H,2-16H2,1H3. The lowest BCUT2D eigenvalue weighted by molar-refractivity contribution is 0.125. The number of hydrogen-bond donors (Lipinski definition) is 2. The molecule has 0 aromatic heterocycles. The molecule has 2 atom stereocenters. The molecule has 130 valence electrons. The Bertz CT molecular complexity index is 263. The first-order valence-corrected chi connectivity index (χ1v) is 9.46. The molecule has 2 N–H and O–H groups in total. The van der Waals surface area contributed by atoms with Crippen molar-refractivity contribution in [2.75, 3.05) is 0 Å². The van der Waals surface area contributed by atoms with Crippen molar-refractivity contribution < 1.29 is 10.2 Å². The fourth-order valence-electron chi connectivity index (χ4n) is 2.78. The summed E-state index contributed by atoms with van der Waals surface area (Å²) in [7, 11) is 0. The Morgan fingerprint density at radius 2 is 1.14 bits per heavy atom. The lowest BCUT2D eigenvalue weighted by Gasteiger charge is -2.10. The normalized spacial score (nSPS) is 13.7. The molecule has 0 aliphatic carbocycles. The molecular formula is C19H37NO2. The molecular weight excluding hydrogens is 274 g/mol. The molecule has 0 fully saturated rings. The van der Waals surface area contributed by atoms with Gasteiger partial charge in [0.2, 0.25) is 0 Å². The molecule has 22 heavy (non-hydrogen) atoms. The zero-order chi connectivity index (χ0) is 16.5. The van der Waals surface area contributed by atoms with E-state index in [1.165, 1.54) is 70.6 Å². The Kier molecular flexibility index (Phi) is 16.3. The predicted molar refractivity (Wildman–Crippen MR) is 92.6 cm³/mol. The van der Waals surface area contributed by atoms with Gasteiger partial charge < -0.3 is 10.2 Å². The van der Waals surface area contributed by atoms with E-state index in [9.17, 15) is 5.11 Å². The number of nitrogens with zero attached hydrogens (tertiary/aromatic N) is 1. The highest BCUT2D eigenvalue weighted by Gasteiger charge is 2.08. The summed E-state index contributed by atoms with van der Waals surface area (Å²) in [5, 5.41) is 27.3. The largest absolute Gasteiger partial charge is 0.393 e. The van der Waals surface area contributed by atoms with Gasteiger partial charge in [-0.1, -0.05) is 84.0 Å². The highest BCUT2D eigenvalue weighted by molar-refractivity contribution is 4.82. The molecule has 0 aliphatic rings. The molecule has 0 bridgehead atoms. The molecule has 0 aromatic rings. The highest BCUT2D eigenvalue weighted by atomic mass is 16.3. The van der Waals surface area contributed by atoms with Crippen molar-refractivity contribution in [3.8, 4) is 6.07 Å². The first-order valence-electron chi connectivity index (χ1n) is 9.46. The van der Waals surface area contributed by atoms with Crippen LogP contribution in [0.5, 0.6) is 0 Å². The topological polar surface area (TPSA) is 64.2 Å². The molecule has 0 saturated carbocycles. The third-order valence-corrected chi connectivity index (χ3v) is 4.31. The highest BCUT2D eigenvalue weighted by Crippen LogP contribution is 2.14. The Hall–Kier alpha value is -0.590. The van der Waals surface area contributed by atoms with Crippen molar-refractivity contribution in [2.45, 2.75) is 115 Å². The first kappa shape index (κ1) is 21.4. The van der Waals surface area contributed by atoms with E-state index >= 15 is 0 Å². The van der Waals surface area contributed by atoms with Crippen LogP contribution in [0.3, 0.4) is 0 Å². The summed E-state index contributed by atoms with van der Waals surface area (Å²) >= 11 is 0. The SMILES string of the molecule is CCCCCCCCCCCCCCC(O)CCC(O)C#N. The zero-order valence-corrected chi connectivity index (χ0v) is 14.6. The van der Waals surface area contributed by atoms with Gasteiger partial charge in [0.05, 0.1) is 12.2 Å². The average Bonchev–Trinajstić information content (AvgIpc) is 2.53. The van der Waals surface area contributed by atoms with Crippen molar-refractivity contribution in [3.05, 3.63) is 0 Å². The number of aliphatic hydroxyl groups excluding tert-OH is 2. The second-order valence-corrected chi connectivity index (χ2v) is 6.55. The van der Waals surface area contributed by atoms with Crippen molar-refractivity contribution in [2.24, 2.45) is 0 Å². The maximum absolute atomic E-state index is 9.73. The Morgan fingerprint density at radius 1 is 0.682 bits per heavy atom. The second kappa shape index (κ2) is 16.8. The third-order valence-electron chi connectivity index (χ3n) is 4.31. The lowest BCUT2D eigenvalue weighted by Crippen LogP contribution is -2.11. The molecule has 0 saturated heterocycles. The van der Waals surface area contributed by atoms with Gasteiger partial charge in [0.15, 0.2) is 0 Å². The second-order valence-electron chi connectivity index (χ2n) is 6.55. The van der Waals surface area contributed by atoms with E-state index < -0.39 is 6.10 Å². The average molecular weight is 312 g/mol. The van der Waals surface area contributed by atoms with Gasteiger partial charge in [0, 0.05) is 0 Å². The molecule has 0 aromatic carbocycles. The molecule has 0 heterocycles. The van der Waals surface area contributed by atoms with Crippen molar-refractivity contribution >= 4 is 0 Å². The molecule has 0 spiro atoms. The molecule has 0 amide bonds. The minimum Gasteiger partial charge on any atom is -0.393 e. The maximum atomic E-state index is 9.73. The van der Waals surface area contributed by atoms with Crippen molar-refractivity contribution in [3.63, 3.8) is 0 Å². The van der Waals surface area contributed by atoms with Gasteiger partial charge in [-0.2, -0.15) is 5.26 Å². The Morgan fingerprint density at radius 3 is 1.59 bits per heavy atom. The number of rotatable bonds is 16. The van der Waals surface area contributed by atoms with Crippen LogP contribution in [0.2, 0.25) is 0 Å². The van der Waals surface area contributed by atoms with E-state index in [0.29, 0.717) is 12.8 Å². The van der Waals surface area contributed by atoms with Crippen molar-refractivity contribution in [1.29, 1.82) is 5.26 Å². The quantitative estimate of drug-likeness (QED) is 0.308. The maximum Gasteiger partial charge on any atom is 0.140 e. The lowest BCUT2D eigenvalue weighted by atomic mass is 10.0. The van der Waals surface area contributed by atoms with Gasteiger partial charge in [-0.05, 0) is 19.3 Å². The monoisotopic (exact) mass is 311 g/mol. The van der Waals surface area contributed by atoms with E-state index in [-0.39, 0.29) is 6.10 Å². The zero-order valence-electron chi connectivity index (χ0n) is 14.6. The van der Waals surface area contributed by atoms with Crippen LogP contribution in [0.4, 0.5) is 0 Å². The summed E-state index contributed by atoms with van der Waals surface area (Å²) < 4.78 is 0. The number of nitriles is 1. The minimum atomic E-state index is -0.920. The van der Waals surface area contributed by atoms with E-state index in [4.69, 9.17) is 10.4 Å². The molecule has 2 unspecified atom stereocenters. The fraction of sp³-hybridized carbons (Fsp3) is 0.947. The van der Waals surface area contributed by atoms with Crippen LogP contribution in [0, 0.1) is 11.3 Å². The van der Waals surface area contributed by atoms with Gasteiger partial charge in [-0.15, -0.1) is 0 Å². The van der Waals surface area contributed by atoms with E-state index in [1.807, 2.05) is 0 Å². The summed E-state index contributed by atoms with van der Waals surface area (Å²) in [5.74, 6) is 0. The van der Waals surface area contributed by atoms with Crippen LogP contribution < -0.4 is 0 Å². The summed E-state index contributed by atoms with van der Waals surface area (Å²) in [6.45, 7) is 2.26. The van der Waals surface area contributed by atoms with Gasteiger partial charge >= 0.3 is 0 Å². The Balaban J connectivity index is 3.15. The Labute approximate surface area is 137 Å². The first-order chi connectivity index (χ1) is 10.7. The van der Waals surface area contributed by atoms with Gasteiger partial charge in [-0.3, -0.25) is 0 Å². The smallest absolute Gasteiger partial charge is 0.140 e. The third kappa shape index (κ3) is 15.8. The van der Waals surface area contributed by atoms with E-state index in [2.05, 4.69) is 6.92 Å². The minimum absolute atomic E-state index is 0.355. The molecule has 3 nitrogen and oxygen atoms in total. The van der Waals surface area contributed by atoms with Crippen LogP contribution in [0.25, 0.3) is 0 Å². The van der Waals surface area contributed by atoms with Crippen LogP contribution in [-0.2, 0) is 0 Å². The summed E-state index contributed by atoms with van der Waals surface area (Å²) in [5.41, 5.74) is 0. The molecule has 0 radical (unpaired) electrons. The van der Waals surface area contributed by atoms with Crippen molar-refractivity contribution in [1.82, 2.24) is 0 Å². The number of aliphatic hydroxyl groups is 2. The van der Waals surface area contributed by atoms with E-state index in [0.717, 1.165) is 12.8 Å².